The highest BCUT2D eigenvalue weighted by Gasteiger charge is 2.29. The van der Waals surface area contributed by atoms with Crippen molar-refractivity contribution in [2.45, 2.75) is 13.8 Å². The molecular weight excluding hydrogens is 420 g/mol. The van der Waals surface area contributed by atoms with E-state index in [1.807, 2.05) is 11.8 Å². The molecule has 2 aromatic heterocycles. The standard InChI is InChI=1S/C22H23F2N5O3/c1-4-32-22(31)15-12-25-20-18(13(2)26-27(20)3)19(15)28-7-9-29(10-8-28)21(30)14-5-6-16(23)17(24)11-14/h5-6,11-12H,4,7-10H2,1-3H3. The SMILES string of the molecule is CCOC(=O)c1cnc2c(c(C)nn2C)c1N1CCN(C(=O)c2ccc(F)c(F)c2)CC1. The Bertz CT molecular complexity index is 1200. The second kappa shape index (κ2) is 8.52. The second-order valence-electron chi connectivity index (χ2n) is 7.56. The largest absolute Gasteiger partial charge is 0.462 e. The minimum atomic E-state index is -1.06. The fourth-order valence-electron chi connectivity index (χ4n) is 4.02. The van der Waals surface area contributed by atoms with E-state index < -0.39 is 17.6 Å². The molecule has 1 saturated heterocycles. The van der Waals surface area contributed by atoms with E-state index in [0.717, 1.165) is 23.2 Å². The van der Waals surface area contributed by atoms with Gasteiger partial charge in [-0.05, 0) is 32.0 Å². The Balaban J connectivity index is 1.63. The second-order valence-corrected chi connectivity index (χ2v) is 7.56. The molecule has 1 amide bonds. The van der Waals surface area contributed by atoms with E-state index in [1.54, 1.807) is 23.6 Å². The third kappa shape index (κ3) is 3.76. The predicted octanol–water partition coefficient (Wildman–Crippen LogP) is 2.69. The van der Waals surface area contributed by atoms with Gasteiger partial charge in [0.25, 0.3) is 5.91 Å². The van der Waals surface area contributed by atoms with E-state index in [9.17, 15) is 18.4 Å². The Morgan fingerprint density at radius 2 is 1.84 bits per heavy atom. The summed E-state index contributed by atoms with van der Waals surface area (Å²) in [6.07, 6.45) is 1.50. The normalized spacial score (nSPS) is 14.2. The number of hydrogen-bond donors (Lipinski definition) is 0. The molecular formula is C22H23F2N5O3. The first-order valence-corrected chi connectivity index (χ1v) is 10.3. The summed E-state index contributed by atoms with van der Waals surface area (Å²) in [5, 5.41) is 5.20. The van der Waals surface area contributed by atoms with Crippen LogP contribution in [0.2, 0.25) is 0 Å². The van der Waals surface area contributed by atoms with E-state index in [1.165, 1.54) is 12.3 Å². The number of fused-ring (bicyclic) bond motifs is 1. The lowest BCUT2D eigenvalue weighted by Gasteiger charge is -2.37. The topological polar surface area (TPSA) is 80.6 Å². The summed E-state index contributed by atoms with van der Waals surface area (Å²) in [5.74, 6) is -2.89. The Morgan fingerprint density at radius 3 is 2.50 bits per heavy atom. The van der Waals surface area contributed by atoms with Gasteiger partial charge < -0.3 is 14.5 Å². The maximum absolute atomic E-state index is 13.5. The number of amides is 1. The summed E-state index contributed by atoms with van der Waals surface area (Å²) in [5.41, 5.74) is 2.50. The number of halogens is 2. The molecule has 0 atom stereocenters. The highest BCUT2D eigenvalue weighted by molar-refractivity contribution is 6.05. The predicted molar refractivity (Wildman–Crippen MR) is 114 cm³/mol. The number of rotatable bonds is 4. The molecule has 0 aliphatic carbocycles. The van der Waals surface area contributed by atoms with Crippen molar-refractivity contribution in [3.63, 3.8) is 0 Å². The van der Waals surface area contributed by atoms with Gasteiger partial charge in [-0.15, -0.1) is 0 Å². The number of ether oxygens (including phenoxy) is 1. The average Bonchev–Trinajstić information content (AvgIpc) is 3.08. The van der Waals surface area contributed by atoms with Crippen LogP contribution in [0.3, 0.4) is 0 Å². The zero-order chi connectivity index (χ0) is 23.0. The van der Waals surface area contributed by atoms with E-state index >= 15 is 0 Å². The van der Waals surface area contributed by atoms with Crippen molar-refractivity contribution in [3.05, 3.63) is 52.9 Å². The van der Waals surface area contributed by atoms with Gasteiger partial charge in [-0.1, -0.05) is 0 Å². The minimum Gasteiger partial charge on any atom is -0.462 e. The van der Waals surface area contributed by atoms with Gasteiger partial charge in [0, 0.05) is 45.0 Å². The van der Waals surface area contributed by atoms with Crippen molar-refractivity contribution in [1.82, 2.24) is 19.7 Å². The summed E-state index contributed by atoms with van der Waals surface area (Å²) in [4.78, 5) is 33.4. The molecule has 10 heteroatoms. The van der Waals surface area contributed by atoms with Crippen LogP contribution >= 0.6 is 0 Å². The number of aromatic nitrogens is 3. The summed E-state index contributed by atoms with van der Waals surface area (Å²) in [7, 11) is 1.79. The van der Waals surface area contributed by atoms with Crippen LogP contribution < -0.4 is 4.90 Å². The Morgan fingerprint density at radius 1 is 1.12 bits per heavy atom. The Kier molecular flexibility index (Phi) is 5.77. The molecule has 0 spiro atoms. The summed E-state index contributed by atoms with van der Waals surface area (Å²) >= 11 is 0. The van der Waals surface area contributed by atoms with Crippen LogP contribution in [0, 0.1) is 18.6 Å². The molecule has 0 radical (unpaired) electrons. The van der Waals surface area contributed by atoms with Gasteiger partial charge in [-0.2, -0.15) is 5.10 Å². The highest BCUT2D eigenvalue weighted by atomic mass is 19.2. The van der Waals surface area contributed by atoms with Gasteiger partial charge in [0.1, 0.15) is 5.56 Å². The monoisotopic (exact) mass is 443 g/mol. The van der Waals surface area contributed by atoms with Crippen LogP contribution in [0.25, 0.3) is 11.0 Å². The molecule has 168 valence electrons. The average molecular weight is 443 g/mol. The molecule has 1 aliphatic rings. The molecule has 8 nitrogen and oxygen atoms in total. The molecule has 0 saturated carbocycles. The van der Waals surface area contributed by atoms with E-state index in [4.69, 9.17) is 4.74 Å². The van der Waals surface area contributed by atoms with Crippen molar-refractivity contribution in [3.8, 4) is 0 Å². The van der Waals surface area contributed by atoms with Crippen molar-refractivity contribution >= 4 is 28.6 Å². The van der Waals surface area contributed by atoms with E-state index in [-0.39, 0.29) is 18.1 Å². The minimum absolute atomic E-state index is 0.0963. The quantitative estimate of drug-likeness (QED) is 0.577. The number of nitrogens with zero attached hydrogens (tertiary/aromatic N) is 5. The number of carbonyl (C=O) groups is 2. The first-order chi connectivity index (χ1) is 15.3. The third-order valence-corrected chi connectivity index (χ3v) is 5.54. The van der Waals surface area contributed by atoms with Crippen molar-refractivity contribution < 1.29 is 23.1 Å². The number of carbonyl (C=O) groups excluding carboxylic acids is 2. The molecule has 0 unspecified atom stereocenters. The van der Waals surface area contributed by atoms with Crippen LogP contribution in [-0.4, -0.2) is 64.3 Å². The van der Waals surface area contributed by atoms with Gasteiger partial charge >= 0.3 is 5.97 Å². The first kappa shape index (κ1) is 21.7. The lowest BCUT2D eigenvalue weighted by atomic mass is 10.1. The number of aryl methyl sites for hydroxylation is 2. The lowest BCUT2D eigenvalue weighted by molar-refractivity contribution is 0.0525. The third-order valence-electron chi connectivity index (χ3n) is 5.54. The number of piperazine rings is 1. The number of hydrogen-bond acceptors (Lipinski definition) is 6. The fourth-order valence-corrected chi connectivity index (χ4v) is 4.02. The maximum Gasteiger partial charge on any atom is 0.341 e. The maximum atomic E-state index is 13.5. The molecule has 1 aromatic carbocycles. The number of pyridine rings is 1. The summed E-state index contributed by atoms with van der Waals surface area (Å²) in [6.45, 7) is 5.41. The molecule has 0 bridgehead atoms. The fraction of sp³-hybridized carbons (Fsp3) is 0.364. The molecule has 0 N–H and O–H groups in total. The molecule has 1 fully saturated rings. The van der Waals surface area contributed by atoms with Crippen LogP contribution in [0.15, 0.2) is 24.4 Å². The lowest BCUT2D eigenvalue weighted by Crippen LogP contribution is -2.49. The smallest absolute Gasteiger partial charge is 0.341 e. The van der Waals surface area contributed by atoms with Crippen LogP contribution in [-0.2, 0) is 11.8 Å². The zero-order valence-electron chi connectivity index (χ0n) is 18.1. The molecule has 32 heavy (non-hydrogen) atoms. The van der Waals surface area contributed by atoms with Crippen LogP contribution in [0.1, 0.15) is 33.3 Å². The van der Waals surface area contributed by atoms with Gasteiger partial charge in [0.15, 0.2) is 17.3 Å². The summed E-state index contributed by atoms with van der Waals surface area (Å²) in [6, 6.07) is 3.13. The van der Waals surface area contributed by atoms with Crippen LogP contribution in [0.5, 0.6) is 0 Å². The number of benzene rings is 1. The van der Waals surface area contributed by atoms with Crippen molar-refractivity contribution in [2.75, 3.05) is 37.7 Å². The van der Waals surface area contributed by atoms with Gasteiger partial charge in [0.05, 0.1) is 23.4 Å². The molecule has 3 heterocycles. The zero-order valence-corrected chi connectivity index (χ0v) is 18.1. The Labute approximate surface area is 183 Å². The van der Waals surface area contributed by atoms with Gasteiger partial charge in [0.2, 0.25) is 0 Å². The van der Waals surface area contributed by atoms with Crippen LogP contribution in [0.4, 0.5) is 14.5 Å². The van der Waals surface area contributed by atoms with Gasteiger partial charge in [-0.25, -0.2) is 18.6 Å². The molecule has 4 rings (SSSR count). The Hall–Kier alpha value is -3.56. The van der Waals surface area contributed by atoms with E-state index in [2.05, 4.69) is 10.1 Å². The molecule has 3 aromatic rings. The van der Waals surface area contributed by atoms with Crippen molar-refractivity contribution in [2.24, 2.45) is 7.05 Å². The van der Waals surface area contributed by atoms with E-state index in [0.29, 0.717) is 43.1 Å². The molecule has 1 aliphatic heterocycles. The highest BCUT2D eigenvalue weighted by Crippen LogP contribution is 2.33. The summed E-state index contributed by atoms with van der Waals surface area (Å²) < 4.78 is 33.6. The van der Waals surface area contributed by atoms with Crippen molar-refractivity contribution in [1.29, 1.82) is 0 Å². The first-order valence-electron chi connectivity index (χ1n) is 10.3. The van der Waals surface area contributed by atoms with Gasteiger partial charge in [-0.3, -0.25) is 9.48 Å². The number of esters is 1. The number of anilines is 1.